The molecule has 0 spiro atoms. The third kappa shape index (κ3) is 1.56. The summed E-state index contributed by atoms with van der Waals surface area (Å²) < 4.78 is 5.38. The fourth-order valence-corrected chi connectivity index (χ4v) is 2.94. The molecule has 3 rings (SSSR count). The van der Waals surface area contributed by atoms with E-state index in [1.165, 1.54) is 12.8 Å². The van der Waals surface area contributed by atoms with Crippen LogP contribution in [0.4, 0.5) is 0 Å². The Labute approximate surface area is 90.0 Å². The van der Waals surface area contributed by atoms with E-state index in [9.17, 15) is 4.79 Å². The molecule has 3 aliphatic heterocycles. The molecule has 0 saturated carbocycles. The topological polar surface area (TPSA) is 41.6 Å². The highest BCUT2D eigenvalue weighted by Crippen LogP contribution is 2.31. The van der Waals surface area contributed by atoms with Gasteiger partial charge in [0.15, 0.2) is 0 Å². The predicted molar refractivity (Wildman–Crippen MR) is 55.5 cm³/mol. The van der Waals surface area contributed by atoms with Crippen molar-refractivity contribution in [1.29, 1.82) is 0 Å². The van der Waals surface area contributed by atoms with Crippen LogP contribution < -0.4 is 5.32 Å². The molecule has 2 bridgehead atoms. The SMILES string of the molecule is O=C([C@H]1CCCCN1)N1[C@H]2COC[C@H]1C2. The summed E-state index contributed by atoms with van der Waals surface area (Å²) in [6, 6.07) is 0.835. The van der Waals surface area contributed by atoms with Crippen molar-refractivity contribution in [2.45, 2.75) is 43.8 Å². The maximum absolute atomic E-state index is 12.2. The summed E-state index contributed by atoms with van der Waals surface area (Å²) in [4.78, 5) is 14.3. The van der Waals surface area contributed by atoms with Gasteiger partial charge in [0.25, 0.3) is 0 Å². The third-order valence-electron chi connectivity index (χ3n) is 3.81. The number of morpholine rings is 1. The van der Waals surface area contributed by atoms with E-state index in [2.05, 4.69) is 10.2 Å². The van der Waals surface area contributed by atoms with E-state index in [1.807, 2.05) is 0 Å². The molecular weight excluding hydrogens is 192 g/mol. The number of rotatable bonds is 1. The van der Waals surface area contributed by atoms with Crippen LogP contribution >= 0.6 is 0 Å². The number of piperidine rings is 1. The number of carbonyl (C=O) groups excluding carboxylic acids is 1. The fraction of sp³-hybridized carbons (Fsp3) is 0.909. The standard InChI is InChI=1S/C11H18N2O2/c14-11(10-3-1-2-4-12-10)13-8-5-9(13)7-15-6-8/h8-10,12H,1-7H2/t8-,9-,10-/m1/s1. The maximum Gasteiger partial charge on any atom is 0.240 e. The molecule has 1 N–H and O–H groups in total. The largest absolute Gasteiger partial charge is 0.377 e. The molecule has 3 fully saturated rings. The third-order valence-corrected chi connectivity index (χ3v) is 3.81. The molecule has 0 aromatic rings. The van der Waals surface area contributed by atoms with Gasteiger partial charge in [-0.2, -0.15) is 0 Å². The lowest BCUT2D eigenvalue weighted by molar-refractivity contribution is -0.170. The molecule has 0 aromatic carbocycles. The molecule has 3 heterocycles. The molecule has 0 radical (unpaired) electrons. The second-order valence-corrected chi connectivity index (χ2v) is 4.83. The Balaban J connectivity index is 1.64. The van der Waals surface area contributed by atoms with Gasteiger partial charge in [0.2, 0.25) is 5.91 Å². The number of amides is 1. The van der Waals surface area contributed by atoms with Crippen molar-refractivity contribution in [3.63, 3.8) is 0 Å². The normalized spacial score (nSPS) is 39.7. The molecule has 3 atom stereocenters. The van der Waals surface area contributed by atoms with Crippen molar-refractivity contribution in [1.82, 2.24) is 10.2 Å². The van der Waals surface area contributed by atoms with Crippen LogP contribution in [0, 0.1) is 0 Å². The smallest absolute Gasteiger partial charge is 0.240 e. The Hall–Kier alpha value is -0.610. The minimum absolute atomic E-state index is 0.0853. The van der Waals surface area contributed by atoms with Crippen molar-refractivity contribution in [2.24, 2.45) is 0 Å². The van der Waals surface area contributed by atoms with Gasteiger partial charge in [0, 0.05) is 0 Å². The molecule has 0 unspecified atom stereocenters. The van der Waals surface area contributed by atoms with Gasteiger partial charge < -0.3 is 15.0 Å². The molecule has 0 aromatic heterocycles. The summed E-state index contributed by atoms with van der Waals surface area (Å²) in [5, 5.41) is 3.33. The summed E-state index contributed by atoms with van der Waals surface area (Å²) in [7, 11) is 0. The number of fused-ring (bicyclic) bond motifs is 2. The van der Waals surface area contributed by atoms with E-state index in [4.69, 9.17) is 4.74 Å². The molecule has 84 valence electrons. The lowest BCUT2D eigenvalue weighted by Crippen LogP contribution is -2.68. The van der Waals surface area contributed by atoms with Crippen molar-refractivity contribution in [2.75, 3.05) is 19.8 Å². The number of nitrogens with zero attached hydrogens (tertiary/aromatic N) is 1. The number of hydrogen-bond acceptors (Lipinski definition) is 3. The van der Waals surface area contributed by atoms with E-state index >= 15 is 0 Å². The summed E-state index contributed by atoms with van der Waals surface area (Å²) in [6.45, 7) is 2.49. The first kappa shape index (κ1) is 9.60. The average Bonchev–Trinajstić information content (AvgIpc) is 2.31. The fourth-order valence-electron chi connectivity index (χ4n) is 2.94. The second kappa shape index (κ2) is 3.76. The Morgan fingerprint density at radius 3 is 2.67 bits per heavy atom. The highest BCUT2D eigenvalue weighted by Gasteiger charge is 2.46. The van der Waals surface area contributed by atoms with Crippen molar-refractivity contribution >= 4 is 5.91 Å². The van der Waals surface area contributed by atoms with Crippen LogP contribution in [0.25, 0.3) is 0 Å². The molecular formula is C11H18N2O2. The van der Waals surface area contributed by atoms with Crippen LogP contribution in [0.15, 0.2) is 0 Å². The Morgan fingerprint density at radius 2 is 2.07 bits per heavy atom. The average molecular weight is 210 g/mol. The van der Waals surface area contributed by atoms with Crippen LogP contribution in [0.3, 0.4) is 0 Å². The van der Waals surface area contributed by atoms with Crippen molar-refractivity contribution in [3.8, 4) is 0 Å². The zero-order chi connectivity index (χ0) is 10.3. The van der Waals surface area contributed by atoms with Gasteiger partial charge in [-0.1, -0.05) is 6.42 Å². The Bertz CT molecular complexity index is 249. The molecule has 3 saturated heterocycles. The maximum atomic E-state index is 12.2. The van der Waals surface area contributed by atoms with Gasteiger partial charge >= 0.3 is 0 Å². The lowest BCUT2D eigenvalue weighted by atomic mass is 9.89. The minimum atomic E-state index is 0.0853. The van der Waals surface area contributed by atoms with Gasteiger partial charge in [-0.05, 0) is 25.8 Å². The molecule has 15 heavy (non-hydrogen) atoms. The summed E-state index contributed by atoms with van der Waals surface area (Å²) in [6.07, 6.45) is 4.55. The Kier molecular flexibility index (Phi) is 2.41. The van der Waals surface area contributed by atoms with Crippen LogP contribution in [0.1, 0.15) is 25.7 Å². The van der Waals surface area contributed by atoms with E-state index in [-0.39, 0.29) is 6.04 Å². The van der Waals surface area contributed by atoms with Crippen LogP contribution in [-0.4, -0.2) is 48.7 Å². The van der Waals surface area contributed by atoms with E-state index < -0.39 is 0 Å². The molecule has 0 aliphatic carbocycles. The quantitative estimate of drug-likeness (QED) is 0.669. The Morgan fingerprint density at radius 1 is 1.27 bits per heavy atom. The summed E-state index contributed by atoms with van der Waals surface area (Å²) in [5.74, 6) is 0.319. The van der Waals surface area contributed by atoms with Gasteiger partial charge in [0.05, 0.1) is 31.3 Å². The number of hydrogen-bond donors (Lipinski definition) is 1. The van der Waals surface area contributed by atoms with Gasteiger partial charge in [-0.3, -0.25) is 4.79 Å². The monoisotopic (exact) mass is 210 g/mol. The molecule has 1 amide bonds. The minimum Gasteiger partial charge on any atom is -0.377 e. The van der Waals surface area contributed by atoms with Crippen LogP contribution in [0.2, 0.25) is 0 Å². The molecule has 3 aliphatic rings. The first-order valence-electron chi connectivity index (χ1n) is 5.99. The first-order valence-corrected chi connectivity index (χ1v) is 5.99. The molecule has 4 heteroatoms. The van der Waals surface area contributed by atoms with Crippen molar-refractivity contribution in [3.05, 3.63) is 0 Å². The lowest BCUT2D eigenvalue weighted by Gasteiger charge is -2.53. The first-order chi connectivity index (χ1) is 7.36. The highest BCUT2D eigenvalue weighted by molar-refractivity contribution is 5.83. The molecule has 4 nitrogen and oxygen atoms in total. The summed E-state index contributed by atoms with van der Waals surface area (Å²) >= 11 is 0. The number of ether oxygens (including phenoxy) is 1. The van der Waals surface area contributed by atoms with E-state index in [0.717, 1.165) is 32.6 Å². The van der Waals surface area contributed by atoms with E-state index in [0.29, 0.717) is 18.0 Å². The second-order valence-electron chi connectivity index (χ2n) is 4.83. The zero-order valence-electron chi connectivity index (χ0n) is 8.95. The summed E-state index contributed by atoms with van der Waals surface area (Å²) in [5.41, 5.74) is 0. The van der Waals surface area contributed by atoms with E-state index in [1.54, 1.807) is 0 Å². The van der Waals surface area contributed by atoms with Gasteiger partial charge in [0.1, 0.15) is 0 Å². The van der Waals surface area contributed by atoms with Gasteiger partial charge in [-0.15, -0.1) is 0 Å². The highest BCUT2D eigenvalue weighted by atomic mass is 16.5. The number of carbonyl (C=O) groups is 1. The van der Waals surface area contributed by atoms with Crippen LogP contribution in [-0.2, 0) is 9.53 Å². The van der Waals surface area contributed by atoms with Gasteiger partial charge in [-0.25, -0.2) is 0 Å². The zero-order valence-corrected chi connectivity index (χ0v) is 8.95. The van der Waals surface area contributed by atoms with Crippen LogP contribution in [0.5, 0.6) is 0 Å². The predicted octanol–water partition coefficient (Wildman–Crippen LogP) is 0.128. The number of nitrogens with one attached hydrogen (secondary N) is 1. The van der Waals surface area contributed by atoms with Crippen molar-refractivity contribution < 1.29 is 9.53 Å².